The number of nitrogens with zero attached hydrogens (tertiary/aromatic N) is 1. The van der Waals surface area contributed by atoms with Crippen molar-refractivity contribution in [3.05, 3.63) is 65.2 Å². The van der Waals surface area contributed by atoms with Crippen LogP contribution >= 0.6 is 0 Å². The zero-order chi connectivity index (χ0) is 18.2. The average molecular weight is 341 g/mol. The Kier molecular flexibility index (Phi) is 6.54. The van der Waals surface area contributed by atoms with Crippen LogP contribution in [0.25, 0.3) is 0 Å². The maximum absolute atomic E-state index is 12.1. The Morgan fingerprint density at radius 1 is 1.08 bits per heavy atom. The van der Waals surface area contributed by atoms with E-state index in [2.05, 4.69) is 10.6 Å². The molecule has 0 atom stereocenters. The smallest absolute Gasteiger partial charge is 0.319 e. The molecule has 0 bridgehead atoms. The molecule has 6 nitrogen and oxygen atoms in total. The minimum atomic E-state index is -0.329. The normalized spacial score (nSPS) is 10.2. The van der Waals surface area contributed by atoms with Crippen molar-refractivity contribution in [3.63, 3.8) is 0 Å². The number of aliphatic hydroxyl groups excluding tert-OH is 1. The summed E-state index contributed by atoms with van der Waals surface area (Å²) >= 11 is 0. The van der Waals surface area contributed by atoms with E-state index in [0.717, 1.165) is 16.7 Å². The third-order valence-electron chi connectivity index (χ3n) is 3.87. The van der Waals surface area contributed by atoms with Gasteiger partial charge in [-0.15, -0.1) is 0 Å². The van der Waals surface area contributed by atoms with Gasteiger partial charge in [0.2, 0.25) is 5.91 Å². The first-order chi connectivity index (χ1) is 12.0. The van der Waals surface area contributed by atoms with Crippen LogP contribution in [0.3, 0.4) is 0 Å². The Morgan fingerprint density at radius 3 is 2.48 bits per heavy atom. The molecule has 0 unspecified atom stereocenters. The number of rotatable bonds is 6. The number of benzene rings is 2. The van der Waals surface area contributed by atoms with Gasteiger partial charge >= 0.3 is 6.03 Å². The third kappa shape index (κ3) is 5.61. The van der Waals surface area contributed by atoms with Gasteiger partial charge in [0.05, 0.1) is 6.61 Å². The van der Waals surface area contributed by atoms with Crippen molar-refractivity contribution in [1.82, 2.24) is 10.2 Å². The highest BCUT2D eigenvalue weighted by Gasteiger charge is 2.07. The lowest BCUT2D eigenvalue weighted by molar-refractivity contribution is -0.128. The van der Waals surface area contributed by atoms with E-state index in [-0.39, 0.29) is 18.5 Å². The first-order valence-electron chi connectivity index (χ1n) is 8.02. The highest BCUT2D eigenvalue weighted by atomic mass is 16.3. The van der Waals surface area contributed by atoms with E-state index in [4.69, 9.17) is 0 Å². The van der Waals surface area contributed by atoms with Crippen LogP contribution in [0.5, 0.6) is 0 Å². The highest BCUT2D eigenvalue weighted by molar-refractivity contribution is 5.89. The summed E-state index contributed by atoms with van der Waals surface area (Å²) in [5.41, 5.74) is 3.25. The molecule has 25 heavy (non-hydrogen) atoms. The second-order valence-electron chi connectivity index (χ2n) is 5.81. The van der Waals surface area contributed by atoms with Crippen LogP contribution in [0.4, 0.5) is 10.5 Å². The minimum Gasteiger partial charge on any atom is -0.392 e. The number of amides is 3. The van der Waals surface area contributed by atoms with Crippen LogP contribution in [0.1, 0.15) is 23.6 Å². The van der Waals surface area contributed by atoms with Crippen LogP contribution < -0.4 is 10.6 Å². The van der Waals surface area contributed by atoms with Gasteiger partial charge in [-0.25, -0.2) is 4.79 Å². The van der Waals surface area contributed by atoms with Crippen molar-refractivity contribution in [2.45, 2.75) is 26.6 Å². The molecule has 2 aromatic rings. The number of carbonyl (C=O) groups excluding carboxylic acids is 2. The molecular formula is C19H23N3O3. The number of carbonyl (C=O) groups is 2. The Balaban J connectivity index is 1.93. The molecular weight excluding hydrogens is 318 g/mol. The number of urea groups is 1. The lowest BCUT2D eigenvalue weighted by Crippen LogP contribution is -2.28. The van der Waals surface area contributed by atoms with E-state index in [9.17, 15) is 14.7 Å². The van der Waals surface area contributed by atoms with Crippen LogP contribution in [0, 0.1) is 0 Å². The van der Waals surface area contributed by atoms with Gasteiger partial charge in [-0.2, -0.15) is 0 Å². The summed E-state index contributed by atoms with van der Waals surface area (Å²) in [5, 5.41) is 14.9. The molecule has 2 aromatic carbocycles. The molecule has 0 heterocycles. The SMILES string of the molecule is CC(=O)N(C)Cc1cccc(NC(=O)NCc2ccccc2CO)c1. The molecule has 2 rings (SSSR count). The van der Waals surface area contributed by atoms with E-state index in [0.29, 0.717) is 18.8 Å². The molecule has 0 aliphatic carbocycles. The molecule has 6 heteroatoms. The van der Waals surface area contributed by atoms with Crippen LogP contribution in [0.15, 0.2) is 48.5 Å². The minimum absolute atomic E-state index is 0.0151. The van der Waals surface area contributed by atoms with Crippen LogP contribution in [-0.4, -0.2) is 29.0 Å². The molecule has 0 spiro atoms. The summed E-state index contributed by atoms with van der Waals surface area (Å²) in [6.07, 6.45) is 0. The Bertz CT molecular complexity index is 746. The molecule has 0 aliphatic heterocycles. The van der Waals surface area contributed by atoms with Crippen LogP contribution in [-0.2, 0) is 24.5 Å². The van der Waals surface area contributed by atoms with Gasteiger partial charge in [0, 0.05) is 32.7 Å². The first-order valence-corrected chi connectivity index (χ1v) is 8.02. The van der Waals surface area contributed by atoms with Crippen molar-refractivity contribution < 1.29 is 14.7 Å². The summed E-state index contributed by atoms with van der Waals surface area (Å²) in [5.74, 6) is -0.0151. The molecule has 0 aromatic heterocycles. The van der Waals surface area contributed by atoms with Crippen molar-refractivity contribution in [3.8, 4) is 0 Å². The topological polar surface area (TPSA) is 81.7 Å². The largest absolute Gasteiger partial charge is 0.392 e. The lowest BCUT2D eigenvalue weighted by atomic mass is 10.1. The second kappa shape index (κ2) is 8.84. The van der Waals surface area contributed by atoms with E-state index >= 15 is 0 Å². The fourth-order valence-electron chi connectivity index (χ4n) is 2.37. The van der Waals surface area contributed by atoms with Gasteiger partial charge in [0.25, 0.3) is 0 Å². The maximum atomic E-state index is 12.1. The molecule has 132 valence electrons. The summed E-state index contributed by atoms with van der Waals surface area (Å²) in [7, 11) is 1.73. The van der Waals surface area contributed by atoms with Crippen molar-refractivity contribution >= 4 is 17.6 Å². The predicted molar refractivity (Wildman–Crippen MR) is 96.8 cm³/mol. The van der Waals surface area contributed by atoms with Crippen LogP contribution in [0.2, 0.25) is 0 Å². The summed E-state index contributed by atoms with van der Waals surface area (Å²) in [6, 6.07) is 14.4. The zero-order valence-corrected chi connectivity index (χ0v) is 14.5. The quantitative estimate of drug-likeness (QED) is 0.755. The zero-order valence-electron chi connectivity index (χ0n) is 14.5. The first kappa shape index (κ1) is 18.5. The number of nitrogens with one attached hydrogen (secondary N) is 2. The van der Waals surface area contributed by atoms with Gasteiger partial charge < -0.3 is 20.6 Å². The van der Waals surface area contributed by atoms with Crippen molar-refractivity contribution in [1.29, 1.82) is 0 Å². The van der Waals surface area contributed by atoms with Crippen molar-refractivity contribution in [2.24, 2.45) is 0 Å². The van der Waals surface area contributed by atoms with E-state index in [1.54, 1.807) is 18.0 Å². The fraction of sp³-hybridized carbons (Fsp3) is 0.263. The predicted octanol–water partition coefficient (Wildman–Crippen LogP) is 2.48. The molecule has 0 saturated heterocycles. The Hall–Kier alpha value is -2.86. The maximum Gasteiger partial charge on any atom is 0.319 e. The number of anilines is 1. The summed E-state index contributed by atoms with van der Waals surface area (Å²) in [6.45, 7) is 2.26. The Labute approximate surface area is 147 Å². The molecule has 3 amide bonds. The average Bonchev–Trinajstić information content (AvgIpc) is 2.60. The molecule has 3 N–H and O–H groups in total. The Morgan fingerprint density at radius 2 is 1.80 bits per heavy atom. The molecule has 0 fully saturated rings. The summed E-state index contributed by atoms with van der Waals surface area (Å²) in [4.78, 5) is 25.0. The van der Waals surface area contributed by atoms with E-state index in [1.807, 2.05) is 42.5 Å². The molecule has 0 aliphatic rings. The summed E-state index contributed by atoms with van der Waals surface area (Å²) < 4.78 is 0. The number of hydrogen-bond acceptors (Lipinski definition) is 3. The van der Waals surface area contributed by atoms with Gasteiger partial charge in [-0.3, -0.25) is 4.79 Å². The number of aliphatic hydroxyl groups is 1. The van der Waals surface area contributed by atoms with E-state index in [1.165, 1.54) is 6.92 Å². The van der Waals surface area contributed by atoms with Gasteiger partial charge in [0.1, 0.15) is 0 Å². The molecule has 0 saturated carbocycles. The second-order valence-corrected chi connectivity index (χ2v) is 5.81. The van der Waals surface area contributed by atoms with Gasteiger partial charge in [-0.05, 0) is 28.8 Å². The van der Waals surface area contributed by atoms with Gasteiger partial charge in [-0.1, -0.05) is 36.4 Å². The number of hydrogen-bond donors (Lipinski definition) is 3. The standard InChI is InChI=1S/C19H23N3O3/c1-14(24)22(2)12-15-6-5-9-18(10-15)21-19(25)20-11-16-7-3-4-8-17(16)13-23/h3-10,23H,11-13H2,1-2H3,(H2,20,21,25). The monoisotopic (exact) mass is 341 g/mol. The lowest BCUT2D eigenvalue weighted by Gasteiger charge is -2.15. The molecule has 0 radical (unpaired) electrons. The van der Waals surface area contributed by atoms with E-state index < -0.39 is 0 Å². The third-order valence-corrected chi connectivity index (χ3v) is 3.87. The van der Waals surface area contributed by atoms with Crippen molar-refractivity contribution in [2.75, 3.05) is 12.4 Å². The fourth-order valence-corrected chi connectivity index (χ4v) is 2.37. The highest BCUT2D eigenvalue weighted by Crippen LogP contribution is 2.13. The van der Waals surface area contributed by atoms with Gasteiger partial charge in [0.15, 0.2) is 0 Å².